The van der Waals surface area contributed by atoms with Crippen molar-refractivity contribution in [2.24, 2.45) is 0 Å². The van der Waals surface area contributed by atoms with Crippen LogP contribution in [0.4, 0.5) is 4.39 Å². The molecule has 0 aliphatic carbocycles. The van der Waals surface area contributed by atoms with Crippen molar-refractivity contribution >= 4 is 11.8 Å². The molecule has 1 atom stereocenters. The van der Waals surface area contributed by atoms with Crippen LogP contribution in [0, 0.1) is 5.82 Å². The summed E-state index contributed by atoms with van der Waals surface area (Å²) in [7, 11) is 1.69. The molecule has 108 valence electrons. The highest BCUT2D eigenvalue weighted by molar-refractivity contribution is 7.98. The van der Waals surface area contributed by atoms with E-state index in [0.29, 0.717) is 6.61 Å². The van der Waals surface area contributed by atoms with Gasteiger partial charge in [0.25, 0.3) is 0 Å². The van der Waals surface area contributed by atoms with E-state index in [9.17, 15) is 4.39 Å². The number of ether oxygens (including phenoxy) is 1. The molecule has 0 aliphatic heterocycles. The molecular weight excluding hydrogens is 261 g/mol. The summed E-state index contributed by atoms with van der Waals surface area (Å²) in [6.07, 6.45) is 4.24. The number of hydrogen-bond donors (Lipinski definition) is 1. The van der Waals surface area contributed by atoms with Crippen LogP contribution in [0.25, 0.3) is 0 Å². The Morgan fingerprint density at radius 1 is 1.37 bits per heavy atom. The first-order valence-corrected chi connectivity index (χ1v) is 8.12. The van der Waals surface area contributed by atoms with Gasteiger partial charge in [0.1, 0.15) is 5.82 Å². The highest BCUT2D eigenvalue weighted by Crippen LogP contribution is 2.24. The SMILES string of the molecule is COCCNCC(CCCSC)c1ccccc1F. The summed E-state index contributed by atoms with van der Waals surface area (Å²) in [4.78, 5) is 0. The molecule has 1 rings (SSSR count). The van der Waals surface area contributed by atoms with Crippen molar-refractivity contribution in [3.8, 4) is 0 Å². The van der Waals surface area contributed by atoms with E-state index in [1.54, 1.807) is 19.2 Å². The molecule has 0 fully saturated rings. The van der Waals surface area contributed by atoms with Gasteiger partial charge in [-0.3, -0.25) is 0 Å². The van der Waals surface area contributed by atoms with Crippen LogP contribution in [0.2, 0.25) is 0 Å². The van der Waals surface area contributed by atoms with Gasteiger partial charge in [0.15, 0.2) is 0 Å². The van der Waals surface area contributed by atoms with E-state index < -0.39 is 0 Å². The maximum absolute atomic E-state index is 13.9. The third kappa shape index (κ3) is 6.41. The van der Waals surface area contributed by atoms with E-state index in [1.165, 1.54) is 0 Å². The summed E-state index contributed by atoms with van der Waals surface area (Å²) < 4.78 is 18.9. The minimum atomic E-state index is -0.0924. The molecule has 0 spiro atoms. The van der Waals surface area contributed by atoms with Crippen molar-refractivity contribution in [1.82, 2.24) is 5.32 Å². The maximum Gasteiger partial charge on any atom is 0.126 e. The molecule has 1 unspecified atom stereocenters. The lowest BCUT2D eigenvalue weighted by molar-refractivity contribution is 0.198. The largest absolute Gasteiger partial charge is 0.383 e. The van der Waals surface area contributed by atoms with Crippen LogP contribution in [0.3, 0.4) is 0 Å². The lowest BCUT2D eigenvalue weighted by atomic mass is 9.94. The van der Waals surface area contributed by atoms with Crippen molar-refractivity contribution in [2.45, 2.75) is 18.8 Å². The lowest BCUT2D eigenvalue weighted by Gasteiger charge is -2.18. The van der Waals surface area contributed by atoms with Gasteiger partial charge in [-0.1, -0.05) is 18.2 Å². The molecule has 0 bridgehead atoms. The molecule has 0 heterocycles. The number of rotatable bonds is 10. The molecule has 2 nitrogen and oxygen atoms in total. The molecule has 0 aromatic heterocycles. The van der Waals surface area contributed by atoms with Gasteiger partial charge in [0.05, 0.1) is 6.61 Å². The fourth-order valence-corrected chi connectivity index (χ4v) is 2.55. The zero-order chi connectivity index (χ0) is 13.9. The molecule has 1 aromatic carbocycles. The highest BCUT2D eigenvalue weighted by Gasteiger charge is 2.14. The number of nitrogens with one attached hydrogen (secondary N) is 1. The average molecular weight is 285 g/mol. The van der Waals surface area contributed by atoms with Crippen LogP contribution in [0.5, 0.6) is 0 Å². The highest BCUT2D eigenvalue weighted by atomic mass is 32.2. The van der Waals surface area contributed by atoms with E-state index in [2.05, 4.69) is 11.6 Å². The number of benzene rings is 1. The standard InChI is InChI=1S/C15H24FNOS/c1-18-10-9-17-12-13(6-5-11-19-2)14-7-3-4-8-15(14)16/h3-4,7-8,13,17H,5-6,9-12H2,1-2H3. The lowest BCUT2D eigenvalue weighted by Crippen LogP contribution is -2.25. The summed E-state index contributed by atoms with van der Waals surface area (Å²) in [5, 5.41) is 3.34. The Bertz CT molecular complexity index is 349. The molecule has 0 saturated carbocycles. The first-order valence-electron chi connectivity index (χ1n) is 6.72. The van der Waals surface area contributed by atoms with E-state index in [4.69, 9.17) is 4.74 Å². The van der Waals surface area contributed by atoms with Gasteiger partial charge < -0.3 is 10.1 Å². The predicted molar refractivity (Wildman–Crippen MR) is 81.5 cm³/mol. The van der Waals surface area contributed by atoms with Gasteiger partial charge in [-0.15, -0.1) is 0 Å². The first-order chi connectivity index (χ1) is 9.29. The molecule has 1 aromatic rings. The molecule has 1 N–H and O–H groups in total. The minimum absolute atomic E-state index is 0.0924. The quantitative estimate of drug-likeness (QED) is 0.667. The number of methoxy groups -OCH3 is 1. The third-order valence-corrected chi connectivity index (χ3v) is 3.82. The van der Waals surface area contributed by atoms with Crippen molar-refractivity contribution in [3.63, 3.8) is 0 Å². The van der Waals surface area contributed by atoms with E-state index in [-0.39, 0.29) is 11.7 Å². The molecule has 0 radical (unpaired) electrons. The zero-order valence-corrected chi connectivity index (χ0v) is 12.6. The van der Waals surface area contributed by atoms with Gasteiger partial charge in [-0.05, 0) is 42.4 Å². The second kappa shape index (κ2) is 10.2. The van der Waals surface area contributed by atoms with Crippen molar-refractivity contribution in [1.29, 1.82) is 0 Å². The second-order valence-electron chi connectivity index (χ2n) is 4.55. The predicted octanol–water partition coefficient (Wildman–Crippen LogP) is 3.29. The molecule has 0 amide bonds. The first kappa shape index (κ1) is 16.5. The Morgan fingerprint density at radius 3 is 2.84 bits per heavy atom. The van der Waals surface area contributed by atoms with Crippen LogP contribution in [-0.2, 0) is 4.74 Å². The summed E-state index contributed by atoms with van der Waals surface area (Å²) in [6.45, 7) is 2.30. The Morgan fingerprint density at radius 2 is 2.16 bits per heavy atom. The van der Waals surface area contributed by atoms with Crippen molar-refractivity contribution in [3.05, 3.63) is 35.6 Å². The Hall–Kier alpha value is -0.580. The van der Waals surface area contributed by atoms with Crippen LogP contribution in [-0.4, -0.2) is 38.8 Å². The topological polar surface area (TPSA) is 21.3 Å². The zero-order valence-electron chi connectivity index (χ0n) is 11.8. The average Bonchev–Trinajstić information content (AvgIpc) is 2.42. The fraction of sp³-hybridized carbons (Fsp3) is 0.600. The maximum atomic E-state index is 13.9. The Balaban J connectivity index is 2.55. The number of hydrogen-bond acceptors (Lipinski definition) is 3. The van der Waals surface area contributed by atoms with Gasteiger partial charge in [-0.2, -0.15) is 11.8 Å². The van der Waals surface area contributed by atoms with Crippen molar-refractivity contribution in [2.75, 3.05) is 38.8 Å². The van der Waals surface area contributed by atoms with Gasteiger partial charge in [0, 0.05) is 20.2 Å². The summed E-state index contributed by atoms with van der Waals surface area (Å²) in [5.41, 5.74) is 0.827. The van der Waals surface area contributed by atoms with Crippen LogP contribution < -0.4 is 5.32 Å². The van der Waals surface area contributed by atoms with Gasteiger partial charge >= 0.3 is 0 Å². The van der Waals surface area contributed by atoms with Crippen molar-refractivity contribution < 1.29 is 9.13 Å². The molecule has 0 aliphatic rings. The Kier molecular flexibility index (Phi) is 8.88. The molecule has 19 heavy (non-hydrogen) atoms. The van der Waals surface area contributed by atoms with Crippen LogP contribution >= 0.6 is 11.8 Å². The van der Waals surface area contributed by atoms with Crippen LogP contribution in [0.1, 0.15) is 24.3 Å². The number of halogens is 1. The van der Waals surface area contributed by atoms with Crippen LogP contribution in [0.15, 0.2) is 24.3 Å². The van der Waals surface area contributed by atoms with E-state index in [1.807, 2.05) is 23.9 Å². The third-order valence-electron chi connectivity index (χ3n) is 3.12. The van der Waals surface area contributed by atoms with E-state index in [0.717, 1.165) is 37.2 Å². The van der Waals surface area contributed by atoms with Gasteiger partial charge in [-0.25, -0.2) is 4.39 Å². The fourth-order valence-electron chi connectivity index (χ4n) is 2.10. The number of thioether (sulfide) groups is 1. The summed E-state index contributed by atoms with van der Waals surface area (Å²) >= 11 is 1.84. The monoisotopic (exact) mass is 285 g/mol. The second-order valence-corrected chi connectivity index (χ2v) is 5.54. The Labute approximate surface area is 120 Å². The minimum Gasteiger partial charge on any atom is -0.383 e. The molecule has 4 heteroatoms. The summed E-state index contributed by atoms with van der Waals surface area (Å²) in [5.74, 6) is 1.28. The molecular formula is C15H24FNOS. The molecule has 0 saturated heterocycles. The summed E-state index contributed by atoms with van der Waals surface area (Å²) in [6, 6.07) is 7.11. The van der Waals surface area contributed by atoms with Gasteiger partial charge in [0.2, 0.25) is 0 Å². The van der Waals surface area contributed by atoms with E-state index >= 15 is 0 Å². The normalized spacial score (nSPS) is 12.6. The smallest absolute Gasteiger partial charge is 0.126 e.